The Morgan fingerprint density at radius 1 is 1.25 bits per heavy atom. The first-order chi connectivity index (χ1) is 9.43. The normalized spacial score (nSPS) is 10.3. The first-order valence-electron chi connectivity index (χ1n) is 6.06. The van der Waals surface area contributed by atoms with Crippen LogP contribution in [0.25, 0.3) is 0 Å². The van der Waals surface area contributed by atoms with Gasteiger partial charge in [0.2, 0.25) is 5.91 Å². The molecule has 0 fully saturated rings. The Morgan fingerprint density at radius 3 is 2.45 bits per heavy atom. The van der Waals surface area contributed by atoms with E-state index in [0.717, 1.165) is 0 Å². The van der Waals surface area contributed by atoms with Crippen molar-refractivity contribution in [1.29, 1.82) is 0 Å². The molecule has 0 aliphatic rings. The number of hydrogen-bond acceptors (Lipinski definition) is 4. The Hall–Kier alpha value is -2.41. The van der Waals surface area contributed by atoms with Crippen LogP contribution in [-0.4, -0.2) is 47.4 Å². The van der Waals surface area contributed by atoms with Crippen molar-refractivity contribution in [3.63, 3.8) is 0 Å². The second-order valence-electron chi connectivity index (χ2n) is 4.16. The van der Waals surface area contributed by atoms with Gasteiger partial charge in [-0.2, -0.15) is 0 Å². The number of likely N-dealkylation sites (N-methyl/N-ethyl adjacent to an activating group) is 1. The molecule has 0 spiro atoms. The van der Waals surface area contributed by atoms with Crippen LogP contribution >= 0.6 is 0 Å². The molecule has 2 amide bonds. The first-order valence-corrected chi connectivity index (χ1v) is 6.06. The van der Waals surface area contributed by atoms with Crippen LogP contribution in [0.4, 0.5) is 5.69 Å². The topological polar surface area (TPSA) is 113 Å². The van der Waals surface area contributed by atoms with E-state index in [0.29, 0.717) is 12.2 Å². The van der Waals surface area contributed by atoms with Crippen LogP contribution in [0.2, 0.25) is 0 Å². The fourth-order valence-corrected chi connectivity index (χ4v) is 1.67. The van der Waals surface area contributed by atoms with Crippen LogP contribution in [0.3, 0.4) is 0 Å². The quantitative estimate of drug-likeness (QED) is 0.656. The van der Waals surface area contributed by atoms with E-state index in [4.69, 9.17) is 10.8 Å². The van der Waals surface area contributed by atoms with E-state index in [1.54, 1.807) is 25.1 Å². The zero-order chi connectivity index (χ0) is 15.1. The number of para-hydroxylation sites is 1. The van der Waals surface area contributed by atoms with Gasteiger partial charge in [0.05, 0.1) is 24.3 Å². The van der Waals surface area contributed by atoms with Crippen LogP contribution in [0.1, 0.15) is 17.3 Å². The number of carboxylic acids is 1. The van der Waals surface area contributed by atoms with Gasteiger partial charge in [-0.15, -0.1) is 0 Å². The van der Waals surface area contributed by atoms with Gasteiger partial charge in [-0.05, 0) is 18.7 Å². The number of amides is 2. The predicted octanol–water partition coefficient (Wildman–Crippen LogP) is 0.131. The van der Waals surface area contributed by atoms with Crippen molar-refractivity contribution in [1.82, 2.24) is 4.90 Å². The Labute approximate surface area is 116 Å². The molecule has 0 heterocycles. The molecule has 20 heavy (non-hydrogen) atoms. The molecule has 0 saturated heterocycles. The molecule has 0 atom stereocenters. The van der Waals surface area contributed by atoms with Gasteiger partial charge >= 0.3 is 5.97 Å². The van der Waals surface area contributed by atoms with Gasteiger partial charge in [0.25, 0.3) is 5.91 Å². The number of benzene rings is 1. The summed E-state index contributed by atoms with van der Waals surface area (Å²) in [5.41, 5.74) is 5.73. The molecule has 0 radical (unpaired) electrons. The third kappa shape index (κ3) is 4.69. The third-order valence-electron chi connectivity index (χ3n) is 2.64. The molecule has 1 aromatic rings. The SMILES string of the molecule is CCN(CC(=O)O)CC(=O)Nc1ccccc1C(N)=O. The maximum atomic E-state index is 11.8. The molecule has 1 rings (SSSR count). The standard InChI is InChI=1S/C13H17N3O4/c1-2-16(8-12(18)19)7-11(17)15-10-6-4-3-5-9(10)13(14)20/h3-6H,2,7-8H2,1H3,(H2,14,20)(H,15,17)(H,18,19). The highest BCUT2D eigenvalue weighted by Crippen LogP contribution is 2.14. The van der Waals surface area contributed by atoms with Crippen LogP contribution in [-0.2, 0) is 9.59 Å². The number of hydrogen-bond donors (Lipinski definition) is 3. The van der Waals surface area contributed by atoms with Crippen molar-refractivity contribution in [2.24, 2.45) is 5.73 Å². The second kappa shape index (κ2) is 7.25. The third-order valence-corrected chi connectivity index (χ3v) is 2.64. The number of nitrogens with two attached hydrogens (primary N) is 1. The fourth-order valence-electron chi connectivity index (χ4n) is 1.67. The number of carbonyl (C=O) groups excluding carboxylic acids is 2. The number of carbonyl (C=O) groups is 3. The monoisotopic (exact) mass is 279 g/mol. The summed E-state index contributed by atoms with van der Waals surface area (Å²) in [6.45, 7) is 1.89. The molecule has 0 aliphatic carbocycles. The summed E-state index contributed by atoms with van der Waals surface area (Å²) in [5, 5.41) is 11.3. The lowest BCUT2D eigenvalue weighted by atomic mass is 10.1. The lowest BCUT2D eigenvalue weighted by Crippen LogP contribution is -2.37. The Bertz CT molecular complexity index is 516. The van der Waals surface area contributed by atoms with Gasteiger partial charge in [0, 0.05) is 0 Å². The summed E-state index contributed by atoms with van der Waals surface area (Å²) in [6.07, 6.45) is 0. The smallest absolute Gasteiger partial charge is 0.317 e. The van der Waals surface area contributed by atoms with Gasteiger partial charge in [-0.25, -0.2) is 0 Å². The maximum absolute atomic E-state index is 11.8. The second-order valence-corrected chi connectivity index (χ2v) is 4.16. The van der Waals surface area contributed by atoms with Gasteiger partial charge < -0.3 is 16.2 Å². The molecule has 0 aromatic heterocycles. The predicted molar refractivity (Wildman–Crippen MR) is 73.3 cm³/mol. The number of nitrogens with zero attached hydrogens (tertiary/aromatic N) is 1. The Kier molecular flexibility index (Phi) is 5.67. The number of nitrogens with one attached hydrogen (secondary N) is 1. The van der Waals surface area contributed by atoms with Gasteiger partial charge in [0.1, 0.15) is 0 Å². The van der Waals surface area contributed by atoms with Gasteiger partial charge in [0.15, 0.2) is 0 Å². The van der Waals surface area contributed by atoms with Crippen LogP contribution < -0.4 is 11.1 Å². The van der Waals surface area contributed by atoms with E-state index >= 15 is 0 Å². The maximum Gasteiger partial charge on any atom is 0.317 e. The number of aliphatic carboxylic acids is 1. The molecule has 0 bridgehead atoms. The molecule has 108 valence electrons. The number of carboxylic acid groups (broad SMARTS) is 1. The van der Waals surface area contributed by atoms with Crippen molar-refractivity contribution >= 4 is 23.5 Å². The van der Waals surface area contributed by atoms with Crippen molar-refractivity contribution in [3.8, 4) is 0 Å². The van der Waals surface area contributed by atoms with E-state index in [-0.39, 0.29) is 18.7 Å². The highest BCUT2D eigenvalue weighted by atomic mass is 16.4. The Balaban J connectivity index is 2.71. The summed E-state index contributed by atoms with van der Waals surface area (Å²) < 4.78 is 0. The van der Waals surface area contributed by atoms with E-state index in [9.17, 15) is 14.4 Å². The molecular weight excluding hydrogens is 262 g/mol. The van der Waals surface area contributed by atoms with Crippen molar-refractivity contribution in [2.75, 3.05) is 25.0 Å². The van der Waals surface area contributed by atoms with Crippen molar-refractivity contribution in [2.45, 2.75) is 6.92 Å². The molecular formula is C13H17N3O4. The molecule has 0 saturated carbocycles. The zero-order valence-electron chi connectivity index (χ0n) is 11.1. The molecule has 0 unspecified atom stereocenters. The van der Waals surface area contributed by atoms with Crippen LogP contribution in [0.5, 0.6) is 0 Å². The van der Waals surface area contributed by atoms with E-state index in [1.165, 1.54) is 11.0 Å². The number of rotatable bonds is 7. The van der Waals surface area contributed by atoms with Crippen molar-refractivity contribution < 1.29 is 19.5 Å². The average molecular weight is 279 g/mol. The summed E-state index contributed by atoms with van der Waals surface area (Å²) in [5.74, 6) is -2.04. The Morgan fingerprint density at radius 2 is 1.90 bits per heavy atom. The molecule has 4 N–H and O–H groups in total. The molecule has 0 aliphatic heterocycles. The fraction of sp³-hybridized carbons (Fsp3) is 0.308. The molecule has 1 aromatic carbocycles. The highest BCUT2D eigenvalue weighted by Gasteiger charge is 2.14. The van der Waals surface area contributed by atoms with Crippen LogP contribution in [0, 0.1) is 0 Å². The highest BCUT2D eigenvalue weighted by molar-refractivity contribution is 6.03. The first kappa shape index (κ1) is 15.6. The van der Waals surface area contributed by atoms with E-state index in [1.807, 2.05) is 0 Å². The van der Waals surface area contributed by atoms with Crippen molar-refractivity contribution in [3.05, 3.63) is 29.8 Å². The average Bonchev–Trinajstić information content (AvgIpc) is 2.37. The van der Waals surface area contributed by atoms with Crippen LogP contribution in [0.15, 0.2) is 24.3 Å². The summed E-state index contributed by atoms with van der Waals surface area (Å²) in [7, 11) is 0. The minimum atomic E-state index is -1.00. The lowest BCUT2D eigenvalue weighted by molar-refractivity contribution is -0.138. The zero-order valence-corrected chi connectivity index (χ0v) is 11.1. The summed E-state index contributed by atoms with van der Waals surface area (Å²) >= 11 is 0. The van der Waals surface area contributed by atoms with Gasteiger partial charge in [-0.1, -0.05) is 19.1 Å². The minimum Gasteiger partial charge on any atom is -0.480 e. The minimum absolute atomic E-state index is 0.0735. The molecule has 7 heteroatoms. The summed E-state index contributed by atoms with van der Waals surface area (Å²) in [4.78, 5) is 35.1. The number of anilines is 1. The largest absolute Gasteiger partial charge is 0.480 e. The van der Waals surface area contributed by atoms with E-state index < -0.39 is 17.8 Å². The molecule has 7 nitrogen and oxygen atoms in total. The lowest BCUT2D eigenvalue weighted by Gasteiger charge is -2.17. The summed E-state index contributed by atoms with van der Waals surface area (Å²) in [6, 6.07) is 6.37. The van der Waals surface area contributed by atoms with Gasteiger partial charge in [-0.3, -0.25) is 19.3 Å². The number of primary amides is 1. The van der Waals surface area contributed by atoms with E-state index in [2.05, 4.69) is 5.32 Å².